The van der Waals surface area contributed by atoms with Crippen LogP contribution in [0.3, 0.4) is 0 Å². The zero-order chi connectivity index (χ0) is 21.6. The molecule has 4 aromatic rings. The predicted octanol–water partition coefficient (Wildman–Crippen LogP) is 5.15. The Morgan fingerprint density at radius 1 is 0.903 bits per heavy atom. The van der Waals surface area contributed by atoms with Crippen molar-refractivity contribution in [1.82, 2.24) is 10.3 Å². The molecule has 0 saturated heterocycles. The third-order valence-electron chi connectivity index (χ3n) is 4.79. The first-order chi connectivity index (χ1) is 15.1. The number of carbonyl (C=O) groups excluding carboxylic acids is 2. The van der Waals surface area contributed by atoms with Crippen LogP contribution >= 0.6 is 11.3 Å². The van der Waals surface area contributed by atoms with E-state index >= 15 is 0 Å². The molecule has 31 heavy (non-hydrogen) atoms. The first-order valence-corrected chi connectivity index (χ1v) is 10.7. The number of aromatic nitrogens is 1. The number of hydrogen-bond acceptors (Lipinski definition) is 4. The summed E-state index contributed by atoms with van der Waals surface area (Å²) in [6.45, 7) is 1.98. The Kier molecular flexibility index (Phi) is 6.19. The van der Waals surface area contributed by atoms with Gasteiger partial charge >= 0.3 is 0 Å². The average molecular weight is 428 g/mol. The van der Waals surface area contributed by atoms with Crippen LogP contribution in [0.2, 0.25) is 0 Å². The number of rotatable bonds is 6. The molecule has 5 nitrogen and oxygen atoms in total. The molecule has 6 heteroatoms. The van der Waals surface area contributed by atoms with Gasteiger partial charge in [-0.05, 0) is 36.8 Å². The Morgan fingerprint density at radius 3 is 2.35 bits per heavy atom. The highest BCUT2D eigenvalue weighted by Gasteiger charge is 2.10. The molecule has 3 aromatic carbocycles. The molecule has 0 aliphatic carbocycles. The standard InChI is InChI=1S/C25H21N3O2S/c1-17-7-5-6-10-21(17)25-28-22(16-31-25)18-11-13-20(14-12-18)27-23(29)15-26-24(30)19-8-3-2-4-9-19/h2-14,16H,15H2,1H3,(H,26,30)(H,27,29). The number of benzene rings is 3. The quantitative estimate of drug-likeness (QED) is 0.447. The van der Waals surface area contributed by atoms with E-state index in [2.05, 4.69) is 29.7 Å². The van der Waals surface area contributed by atoms with E-state index in [1.165, 1.54) is 5.56 Å². The van der Waals surface area contributed by atoms with E-state index < -0.39 is 0 Å². The minimum absolute atomic E-state index is 0.0959. The largest absolute Gasteiger partial charge is 0.343 e. The first-order valence-electron chi connectivity index (χ1n) is 9.85. The Labute approximate surface area is 184 Å². The summed E-state index contributed by atoms with van der Waals surface area (Å²) in [4.78, 5) is 29.0. The van der Waals surface area contributed by atoms with Crippen LogP contribution in [-0.4, -0.2) is 23.3 Å². The molecule has 2 amide bonds. The lowest BCUT2D eigenvalue weighted by molar-refractivity contribution is -0.115. The molecule has 2 N–H and O–H groups in total. The number of anilines is 1. The highest BCUT2D eigenvalue weighted by molar-refractivity contribution is 7.13. The van der Waals surface area contributed by atoms with Gasteiger partial charge in [0.1, 0.15) is 5.01 Å². The van der Waals surface area contributed by atoms with Gasteiger partial charge in [-0.25, -0.2) is 4.98 Å². The summed E-state index contributed by atoms with van der Waals surface area (Å²) < 4.78 is 0. The van der Waals surface area contributed by atoms with Crippen molar-refractivity contribution in [2.24, 2.45) is 0 Å². The van der Waals surface area contributed by atoms with E-state index in [1.54, 1.807) is 35.6 Å². The molecular formula is C25H21N3O2S. The third kappa shape index (κ3) is 5.05. The third-order valence-corrected chi connectivity index (χ3v) is 5.67. The maximum absolute atomic E-state index is 12.2. The lowest BCUT2D eigenvalue weighted by atomic mass is 10.1. The number of nitrogens with zero attached hydrogens (tertiary/aromatic N) is 1. The molecular weight excluding hydrogens is 406 g/mol. The summed E-state index contributed by atoms with van der Waals surface area (Å²) in [7, 11) is 0. The molecule has 0 bridgehead atoms. The monoisotopic (exact) mass is 427 g/mol. The molecule has 0 spiro atoms. The van der Waals surface area contributed by atoms with Gasteiger partial charge in [0.05, 0.1) is 12.2 Å². The zero-order valence-corrected chi connectivity index (χ0v) is 17.8. The van der Waals surface area contributed by atoms with E-state index in [0.29, 0.717) is 11.3 Å². The van der Waals surface area contributed by atoms with Crippen molar-refractivity contribution in [3.05, 3.63) is 95.4 Å². The predicted molar refractivity (Wildman–Crippen MR) is 125 cm³/mol. The minimum Gasteiger partial charge on any atom is -0.343 e. The van der Waals surface area contributed by atoms with Crippen LogP contribution in [0.4, 0.5) is 5.69 Å². The Balaban J connectivity index is 1.36. The van der Waals surface area contributed by atoms with Crippen LogP contribution in [0.5, 0.6) is 0 Å². The fraction of sp³-hybridized carbons (Fsp3) is 0.0800. The fourth-order valence-electron chi connectivity index (χ4n) is 3.12. The number of hydrogen-bond donors (Lipinski definition) is 2. The molecule has 0 radical (unpaired) electrons. The number of nitrogens with one attached hydrogen (secondary N) is 2. The summed E-state index contributed by atoms with van der Waals surface area (Å²) >= 11 is 1.61. The highest BCUT2D eigenvalue weighted by atomic mass is 32.1. The number of thiazole rings is 1. The molecule has 0 unspecified atom stereocenters. The number of aryl methyl sites for hydroxylation is 1. The summed E-state index contributed by atoms with van der Waals surface area (Å²) in [6, 6.07) is 24.5. The van der Waals surface area contributed by atoms with Crippen molar-refractivity contribution in [1.29, 1.82) is 0 Å². The van der Waals surface area contributed by atoms with Crippen LogP contribution in [0.25, 0.3) is 21.8 Å². The van der Waals surface area contributed by atoms with Crippen LogP contribution in [0.15, 0.2) is 84.2 Å². The lowest BCUT2D eigenvalue weighted by Gasteiger charge is -2.07. The molecule has 1 aromatic heterocycles. The van der Waals surface area contributed by atoms with E-state index in [-0.39, 0.29) is 18.4 Å². The van der Waals surface area contributed by atoms with Crippen molar-refractivity contribution < 1.29 is 9.59 Å². The summed E-state index contributed by atoms with van der Waals surface area (Å²) in [5, 5.41) is 8.44. The molecule has 0 fully saturated rings. The molecule has 0 aliphatic rings. The second-order valence-corrected chi connectivity index (χ2v) is 7.89. The number of carbonyl (C=O) groups is 2. The first kappa shape index (κ1) is 20.5. The Bertz CT molecular complexity index is 1200. The van der Waals surface area contributed by atoms with Gasteiger partial charge in [-0.3, -0.25) is 9.59 Å². The van der Waals surface area contributed by atoms with E-state index in [0.717, 1.165) is 21.8 Å². The Morgan fingerprint density at radius 2 is 1.61 bits per heavy atom. The lowest BCUT2D eigenvalue weighted by Crippen LogP contribution is -2.32. The van der Waals surface area contributed by atoms with Crippen LogP contribution in [0, 0.1) is 6.92 Å². The molecule has 0 aliphatic heterocycles. The normalized spacial score (nSPS) is 10.5. The van der Waals surface area contributed by atoms with E-state index in [4.69, 9.17) is 4.98 Å². The second-order valence-electron chi connectivity index (χ2n) is 7.03. The van der Waals surface area contributed by atoms with E-state index in [9.17, 15) is 9.59 Å². The van der Waals surface area contributed by atoms with Crippen molar-refractivity contribution >= 4 is 28.8 Å². The van der Waals surface area contributed by atoms with E-state index in [1.807, 2.05) is 47.8 Å². The van der Waals surface area contributed by atoms with Crippen molar-refractivity contribution in [3.63, 3.8) is 0 Å². The fourth-order valence-corrected chi connectivity index (χ4v) is 4.04. The summed E-state index contributed by atoms with van der Waals surface area (Å²) in [5.41, 5.74) is 5.40. The van der Waals surface area contributed by atoms with Gasteiger partial charge in [-0.1, -0.05) is 54.6 Å². The molecule has 0 saturated carbocycles. The summed E-state index contributed by atoms with van der Waals surface area (Å²) in [6.07, 6.45) is 0. The topological polar surface area (TPSA) is 71.1 Å². The molecule has 0 atom stereocenters. The summed E-state index contributed by atoms with van der Waals surface area (Å²) in [5.74, 6) is -0.563. The van der Waals surface area contributed by atoms with Crippen LogP contribution < -0.4 is 10.6 Å². The SMILES string of the molecule is Cc1ccccc1-c1nc(-c2ccc(NC(=O)CNC(=O)c3ccccc3)cc2)cs1. The van der Waals surface area contributed by atoms with Crippen LogP contribution in [0.1, 0.15) is 15.9 Å². The van der Waals surface area contributed by atoms with Crippen LogP contribution in [-0.2, 0) is 4.79 Å². The maximum atomic E-state index is 12.2. The van der Waals surface area contributed by atoms with Gasteiger partial charge in [-0.15, -0.1) is 11.3 Å². The molecule has 1 heterocycles. The maximum Gasteiger partial charge on any atom is 0.251 e. The van der Waals surface area contributed by atoms with Crippen molar-refractivity contribution in [2.45, 2.75) is 6.92 Å². The minimum atomic E-state index is -0.285. The molecule has 154 valence electrons. The smallest absolute Gasteiger partial charge is 0.251 e. The average Bonchev–Trinajstić information content (AvgIpc) is 3.29. The zero-order valence-electron chi connectivity index (χ0n) is 17.0. The van der Waals surface area contributed by atoms with Gasteiger partial charge in [0.15, 0.2) is 0 Å². The highest BCUT2D eigenvalue weighted by Crippen LogP contribution is 2.31. The van der Waals surface area contributed by atoms with Gasteiger partial charge in [-0.2, -0.15) is 0 Å². The van der Waals surface area contributed by atoms with Gasteiger partial charge < -0.3 is 10.6 Å². The Hall–Kier alpha value is -3.77. The second kappa shape index (κ2) is 9.36. The number of amides is 2. The molecule has 4 rings (SSSR count). The van der Waals surface area contributed by atoms with Gasteiger partial charge in [0.2, 0.25) is 5.91 Å². The van der Waals surface area contributed by atoms with Gasteiger partial charge in [0, 0.05) is 27.8 Å². The van der Waals surface area contributed by atoms with Crippen molar-refractivity contribution in [3.8, 4) is 21.8 Å². The van der Waals surface area contributed by atoms with Gasteiger partial charge in [0.25, 0.3) is 5.91 Å². The van der Waals surface area contributed by atoms with Crippen molar-refractivity contribution in [2.75, 3.05) is 11.9 Å².